The topological polar surface area (TPSA) is 52.6 Å². The first-order chi connectivity index (χ1) is 6.24. The molecule has 0 amide bonds. The van der Waals surface area contributed by atoms with Crippen LogP contribution in [0.3, 0.4) is 0 Å². The van der Waals surface area contributed by atoms with Crippen LogP contribution in [0.1, 0.15) is 13.3 Å². The van der Waals surface area contributed by atoms with Crippen LogP contribution >= 0.6 is 0 Å². The summed E-state index contributed by atoms with van der Waals surface area (Å²) in [4.78, 5) is 21.0. The molecule has 0 aromatic rings. The molecule has 1 aliphatic heterocycles. The molecule has 4 heteroatoms. The van der Waals surface area contributed by atoms with Crippen LogP contribution in [-0.4, -0.2) is 25.0 Å². The highest BCUT2D eigenvalue weighted by molar-refractivity contribution is 5.66. The van der Waals surface area contributed by atoms with Crippen molar-refractivity contribution in [3.05, 3.63) is 12.3 Å². The lowest BCUT2D eigenvalue weighted by Gasteiger charge is -2.25. The first-order valence-corrected chi connectivity index (χ1v) is 4.13. The van der Waals surface area contributed by atoms with Crippen LogP contribution < -0.4 is 0 Å². The molecule has 0 bridgehead atoms. The van der Waals surface area contributed by atoms with Crippen LogP contribution in [-0.2, 0) is 19.1 Å². The zero-order valence-electron chi connectivity index (χ0n) is 7.43. The number of ether oxygens (including phenoxy) is 2. The van der Waals surface area contributed by atoms with Gasteiger partial charge >= 0.3 is 5.97 Å². The molecule has 13 heavy (non-hydrogen) atoms. The third-order valence-electron chi connectivity index (χ3n) is 1.85. The predicted octanol–water partition coefficient (Wildman–Crippen LogP) is 0.667. The maximum atomic E-state index is 10.7. The van der Waals surface area contributed by atoms with Gasteiger partial charge in [-0.05, 0) is 6.08 Å². The van der Waals surface area contributed by atoms with Crippen molar-refractivity contribution < 1.29 is 19.1 Å². The molecule has 4 nitrogen and oxygen atoms in total. The Morgan fingerprint density at radius 1 is 1.77 bits per heavy atom. The van der Waals surface area contributed by atoms with Crippen molar-refractivity contribution in [1.82, 2.24) is 0 Å². The van der Waals surface area contributed by atoms with Crippen LogP contribution in [0.2, 0.25) is 0 Å². The second-order valence-corrected chi connectivity index (χ2v) is 2.88. The van der Waals surface area contributed by atoms with Crippen LogP contribution in [0.25, 0.3) is 0 Å². The number of rotatable bonds is 3. The minimum atomic E-state index is -0.347. The van der Waals surface area contributed by atoms with E-state index in [4.69, 9.17) is 9.47 Å². The van der Waals surface area contributed by atoms with Crippen LogP contribution in [0, 0.1) is 5.92 Å². The Morgan fingerprint density at radius 3 is 3.15 bits per heavy atom. The average Bonchev–Trinajstić information content (AvgIpc) is 2.08. The number of hydrogen-bond donors (Lipinski definition) is 0. The van der Waals surface area contributed by atoms with Crippen molar-refractivity contribution >= 4 is 12.3 Å². The molecule has 0 aromatic heterocycles. The zero-order valence-corrected chi connectivity index (χ0v) is 7.43. The smallest absolute Gasteiger partial charge is 0.303 e. The predicted molar refractivity (Wildman–Crippen MR) is 44.8 cm³/mol. The highest BCUT2D eigenvalue weighted by Crippen LogP contribution is 2.18. The van der Waals surface area contributed by atoms with Gasteiger partial charge in [0.1, 0.15) is 19.0 Å². The van der Waals surface area contributed by atoms with Gasteiger partial charge in [0.2, 0.25) is 0 Å². The van der Waals surface area contributed by atoms with E-state index in [9.17, 15) is 9.59 Å². The minimum Gasteiger partial charge on any atom is -0.498 e. The Kier molecular flexibility index (Phi) is 3.49. The molecule has 0 N–H and O–H groups in total. The molecule has 0 saturated carbocycles. The minimum absolute atomic E-state index is 0.0462. The molecule has 72 valence electrons. The number of carbonyl (C=O) groups excluding carboxylic acids is 2. The van der Waals surface area contributed by atoms with E-state index in [1.165, 1.54) is 13.2 Å². The number of aldehydes is 1. The lowest BCUT2D eigenvalue weighted by Crippen LogP contribution is -2.31. The Morgan fingerprint density at radius 2 is 2.54 bits per heavy atom. The Balaban J connectivity index is 2.54. The van der Waals surface area contributed by atoms with E-state index in [0.717, 1.165) is 6.29 Å². The first kappa shape index (κ1) is 9.77. The Labute approximate surface area is 76.5 Å². The monoisotopic (exact) mass is 184 g/mol. The summed E-state index contributed by atoms with van der Waals surface area (Å²) in [7, 11) is 0. The highest BCUT2D eigenvalue weighted by atomic mass is 16.6. The number of carbonyl (C=O) groups is 2. The summed E-state index contributed by atoms with van der Waals surface area (Å²) in [6.07, 6.45) is 4.13. The molecule has 0 fully saturated rings. The van der Waals surface area contributed by atoms with E-state index < -0.39 is 0 Å². The SMILES string of the molecule is CC(=O)O[C@@H]1COC=C[C@H]1CC=O. The summed E-state index contributed by atoms with van der Waals surface area (Å²) < 4.78 is 9.97. The van der Waals surface area contributed by atoms with Crippen molar-refractivity contribution in [1.29, 1.82) is 0 Å². The van der Waals surface area contributed by atoms with Gasteiger partial charge in [0, 0.05) is 19.3 Å². The van der Waals surface area contributed by atoms with Gasteiger partial charge < -0.3 is 14.3 Å². The van der Waals surface area contributed by atoms with Gasteiger partial charge in [-0.3, -0.25) is 4.79 Å². The molecule has 1 rings (SSSR count). The van der Waals surface area contributed by atoms with Gasteiger partial charge in [-0.1, -0.05) is 0 Å². The summed E-state index contributed by atoms with van der Waals surface area (Å²) >= 11 is 0. The molecule has 0 unspecified atom stereocenters. The van der Waals surface area contributed by atoms with Gasteiger partial charge in [-0.15, -0.1) is 0 Å². The second-order valence-electron chi connectivity index (χ2n) is 2.88. The first-order valence-electron chi connectivity index (χ1n) is 4.13. The molecule has 0 spiro atoms. The van der Waals surface area contributed by atoms with Crippen molar-refractivity contribution in [3.8, 4) is 0 Å². The fraction of sp³-hybridized carbons (Fsp3) is 0.556. The van der Waals surface area contributed by atoms with Crippen molar-refractivity contribution in [2.45, 2.75) is 19.4 Å². The van der Waals surface area contributed by atoms with E-state index in [1.807, 2.05) is 0 Å². The fourth-order valence-corrected chi connectivity index (χ4v) is 1.23. The zero-order chi connectivity index (χ0) is 9.68. The van der Waals surface area contributed by atoms with Crippen LogP contribution in [0.4, 0.5) is 0 Å². The van der Waals surface area contributed by atoms with Crippen LogP contribution in [0.15, 0.2) is 12.3 Å². The molecule has 2 atom stereocenters. The standard InChI is InChI=1S/C9H12O4/c1-7(11)13-9-6-12-5-3-8(9)2-4-10/h3-5,8-9H,2,6H2,1H3/t8-,9-/m1/s1. The van der Waals surface area contributed by atoms with Crippen molar-refractivity contribution in [2.75, 3.05) is 6.61 Å². The average molecular weight is 184 g/mol. The third kappa shape index (κ3) is 2.89. The quantitative estimate of drug-likeness (QED) is 0.477. The lowest BCUT2D eigenvalue weighted by molar-refractivity contribution is -0.152. The van der Waals surface area contributed by atoms with E-state index in [0.29, 0.717) is 13.0 Å². The Bertz CT molecular complexity index is 222. The molecule has 1 heterocycles. The lowest BCUT2D eigenvalue weighted by atomic mass is 9.98. The van der Waals surface area contributed by atoms with Gasteiger partial charge in [0.05, 0.1) is 6.26 Å². The maximum absolute atomic E-state index is 10.7. The summed E-state index contributed by atoms with van der Waals surface area (Å²) in [6, 6.07) is 0. The van der Waals surface area contributed by atoms with Crippen molar-refractivity contribution in [2.24, 2.45) is 5.92 Å². The van der Waals surface area contributed by atoms with Gasteiger partial charge in [0.25, 0.3) is 0 Å². The van der Waals surface area contributed by atoms with Crippen LogP contribution in [0.5, 0.6) is 0 Å². The number of esters is 1. The van der Waals surface area contributed by atoms with Gasteiger partial charge in [-0.2, -0.15) is 0 Å². The van der Waals surface area contributed by atoms with E-state index >= 15 is 0 Å². The van der Waals surface area contributed by atoms with E-state index in [-0.39, 0.29) is 18.0 Å². The summed E-state index contributed by atoms with van der Waals surface area (Å²) in [6.45, 7) is 1.67. The molecule has 1 aliphatic rings. The van der Waals surface area contributed by atoms with E-state index in [1.54, 1.807) is 6.08 Å². The molecular formula is C9H12O4. The van der Waals surface area contributed by atoms with E-state index in [2.05, 4.69) is 0 Å². The molecular weight excluding hydrogens is 172 g/mol. The largest absolute Gasteiger partial charge is 0.498 e. The third-order valence-corrected chi connectivity index (χ3v) is 1.85. The fourth-order valence-electron chi connectivity index (χ4n) is 1.23. The molecule has 0 aromatic carbocycles. The molecule has 0 radical (unpaired) electrons. The highest BCUT2D eigenvalue weighted by Gasteiger charge is 2.24. The van der Waals surface area contributed by atoms with Gasteiger partial charge in [-0.25, -0.2) is 0 Å². The van der Waals surface area contributed by atoms with Gasteiger partial charge in [0.15, 0.2) is 0 Å². The normalized spacial score (nSPS) is 26.2. The second kappa shape index (κ2) is 4.64. The maximum Gasteiger partial charge on any atom is 0.303 e. The summed E-state index contributed by atoms with van der Waals surface area (Å²) in [5.41, 5.74) is 0. The summed E-state index contributed by atoms with van der Waals surface area (Å²) in [5, 5.41) is 0. The number of hydrogen-bond acceptors (Lipinski definition) is 4. The van der Waals surface area contributed by atoms with Crippen molar-refractivity contribution in [3.63, 3.8) is 0 Å². The molecule has 0 saturated heterocycles. The Hall–Kier alpha value is -1.32. The molecule has 0 aliphatic carbocycles. The summed E-state index contributed by atoms with van der Waals surface area (Å²) in [5.74, 6) is -0.394.